The highest BCUT2D eigenvalue weighted by Crippen LogP contribution is 2.11. The van der Waals surface area contributed by atoms with Gasteiger partial charge in [-0.3, -0.25) is 4.98 Å². The van der Waals surface area contributed by atoms with E-state index in [9.17, 15) is 0 Å². The average molecular weight is 242 g/mol. The molecule has 1 N–H and O–H groups in total. The minimum atomic E-state index is 0.688. The summed E-state index contributed by atoms with van der Waals surface area (Å²) in [7, 11) is 1.91. The van der Waals surface area contributed by atoms with Gasteiger partial charge in [0.15, 0.2) is 0 Å². The smallest absolute Gasteiger partial charge is 0.122 e. The van der Waals surface area contributed by atoms with Gasteiger partial charge in [-0.15, -0.1) is 0 Å². The van der Waals surface area contributed by atoms with Crippen molar-refractivity contribution in [1.82, 2.24) is 10.3 Å². The third-order valence-corrected chi connectivity index (χ3v) is 2.65. The van der Waals surface area contributed by atoms with E-state index in [0.29, 0.717) is 6.61 Å². The van der Waals surface area contributed by atoms with Gasteiger partial charge in [-0.2, -0.15) is 0 Å². The monoisotopic (exact) mass is 242 g/mol. The van der Waals surface area contributed by atoms with Gasteiger partial charge in [0.1, 0.15) is 5.75 Å². The Morgan fingerprint density at radius 3 is 2.78 bits per heavy atom. The summed E-state index contributed by atoms with van der Waals surface area (Å²) in [5.41, 5.74) is 2.29. The lowest BCUT2D eigenvalue weighted by Crippen LogP contribution is -2.07. The van der Waals surface area contributed by atoms with Crippen molar-refractivity contribution in [2.45, 2.75) is 13.0 Å². The zero-order valence-corrected chi connectivity index (χ0v) is 10.6. The first-order valence-corrected chi connectivity index (χ1v) is 6.15. The molecule has 0 atom stereocenters. The van der Waals surface area contributed by atoms with E-state index in [1.165, 1.54) is 5.56 Å². The number of hydrogen-bond acceptors (Lipinski definition) is 3. The van der Waals surface area contributed by atoms with Gasteiger partial charge < -0.3 is 10.1 Å². The molecule has 1 aromatic carbocycles. The van der Waals surface area contributed by atoms with E-state index in [0.717, 1.165) is 24.4 Å². The molecule has 3 nitrogen and oxygen atoms in total. The van der Waals surface area contributed by atoms with Crippen LogP contribution in [-0.2, 0) is 13.0 Å². The Morgan fingerprint density at radius 2 is 2.00 bits per heavy atom. The van der Waals surface area contributed by atoms with Crippen LogP contribution in [0.15, 0.2) is 48.7 Å². The maximum Gasteiger partial charge on any atom is 0.122 e. The Kier molecular flexibility index (Phi) is 4.73. The molecule has 0 aliphatic heterocycles. The molecule has 2 aromatic rings. The van der Waals surface area contributed by atoms with Gasteiger partial charge in [0.05, 0.1) is 12.3 Å². The van der Waals surface area contributed by atoms with E-state index in [4.69, 9.17) is 4.74 Å². The molecule has 0 fully saturated rings. The minimum Gasteiger partial charge on any atom is -0.493 e. The van der Waals surface area contributed by atoms with E-state index in [1.54, 1.807) is 6.20 Å². The summed E-state index contributed by atoms with van der Waals surface area (Å²) in [5.74, 6) is 0.881. The molecule has 0 spiro atoms. The van der Waals surface area contributed by atoms with Crippen LogP contribution in [0.3, 0.4) is 0 Å². The standard InChI is InChI=1S/C15H18N2O/c1-16-12-14-11-15(7-9-17-14)18-10-8-13-5-3-2-4-6-13/h2-7,9,11,16H,8,10,12H2,1H3. The van der Waals surface area contributed by atoms with E-state index in [1.807, 2.05) is 37.4 Å². The lowest BCUT2D eigenvalue weighted by Gasteiger charge is -2.07. The molecule has 18 heavy (non-hydrogen) atoms. The average Bonchev–Trinajstić information content (AvgIpc) is 2.41. The van der Waals surface area contributed by atoms with E-state index >= 15 is 0 Å². The third-order valence-electron chi connectivity index (χ3n) is 2.65. The molecule has 0 saturated heterocycles. The number of rotatable bonds is 6. The van der Waals surface area contributed by atoms with Crippen LogP contribution in [0, 0.1) is 0 Å². The number of nitrogens with zero attached hydrogens (tertiary/aromatic N) is 1. The number of nitrogens with one attached hydrogen (secondary N) is 1. The van der Waals surface area contributed by atoms with Gasteiger partial charge in [-0.1, -0.05) is 30.3 Å². The zero-order valence-electron chi connectivity index (χ0n) is 10.6. The Labute approximate surface area is 108 Å². The highest BCUT2D eigenvalue weighted by atomic mass is 16.5. The van der Waals surface area contributed by atoms with Crippen LogP contribution in [0.25, 0.3) is 0 Å². The maximum atomic E-state index is 5.73. The van der Waals surface area contributed by atoms with Gasteiger partial charge in [-0.25, -0.2) is 0 Å². The predicted molar refractivity (Wildman–Crippen MR) is 72.6 cm³/mol. The molecular weight excluding hydrogens is 224 g/mol. The second-order valence-electron chi connectivity index (χ2n) is 4.10. The SMILES string of the molecule is CNCc1cc(OCCc2ccccc2)ccn1. The van der Waals surface area contributed by atoms with Gasteiger partial charge in [0, 0.05) is 25.2 Å². The van der Waals surface area contributed by atoms with Crippen LogP contribution in [0.5, 0.6) is 5.75 Å². The lowest BCUT2D eigenvalue weighted by atomic mass is 10.2. The Hall–Kier alpha value is -1.87. The molecule has 3 heteroatoms. The van der Waals surface area contributed by atoms with E-state index in [2.05, 4.69) is 22.4 Å². The summed E-state index contributed by atoms with van der Waals surface area (Å²) in [6.07, 6.45) is 2.70. The maximum absolute atomic E-state index is 5.73. The van der Waals surface area contributed by atoms with Crippen molar-refractivity contribution in [3.8, 4) is 5.75 Å². The van der Waals surface area contributed by atoms with Crippen molar-refractivity contribution in [2.24, 2.45) is 0 Å². The third kappa shape index (κ3) is 3.86. The number of hydrogen-bond donors (Lipinski definition) is 1. The van der Waals surface area contributed by atoms with E-state index in [-0.39, 0.29) is 0 Å². The fourth-order valence-electron chi connectivity index (χ4n) is 1.76. The molecule has 0 radical (unpaired) electrons. The molecular formula is C15H18N2O. The van der Waals surface area contributed by atoms with Crippen molar-refractivity contribution in [2.75, 3.05) is 13.7 Å². The Morgan fingerprint density at radius 1 is 1.17 bits per heavy atom. The second-order valence-corrected chi connectivity index (χ2v) is 4.10. The van der Waals surface area contributed by atoms with Crippen LogP contribution >= 0.6 is 0 Å². The summed E-state index contributed by atoms with van der Waals surface area (Å²) in [4.78, 5) is 4.25. The van der Waals surface area contributed by atoms with Crippen molar-refractivity contribution >= 4 is 0 Å². The molecule has 1 aromatic heterocycles. The van der Waals surface area contributed by atoms with Crippen LogP contribution in [0.2, 0.25) is 0 Å². The summed E-state index contributed by atoms with van der Waals surface area (Å²) in [5, 5.41) is 3.08. The Balaban J connectivity index is 1.84. The predicted octanol–water partition coefficient (Wildman–Crippen LogP) is 2.42. The van der Waals surface area contributed by atoms with Gasteiger partial charge in [-0.05, 0) is 18.7 Å². The first kappa shape index (κ1) is 12.6. The number of benzene rings is 1. The van der Waals surface area contributed by atoms with Gasteiger partial charge in [0.2, 0.25) is 0 Å². The summed E-state index contributed by atoms with van der Waals surface area (Å²) >= 11 is 0. The van der Waals surface area contributed by atoms with Crippen LogP contribution in [0.1, 0.15) is 11.3 Å². The van der Waals surface area contributed by atoms with Crippen molar-refractivity contribution in [3.63, 3.8) is 0 Å². The minimum absolute atomic E-state index is 0.688. The molecule has 1 heterocycles. The number of pyridine rings is 1. The molecule has 0 aliphatic rings. The highest BCUT2D eigenvalue weighted by Gasteiger charge is 1.98. The molecule has 0 saturated carbocycles. The van der Waals surface area contributed by atoms with Crippen molar-refractivity contribution in [3.05, 3.63) is 59.9 Å². The summed E-state index contributed by atoms with van der Waals surface area (Å²) in [6.45, 7) is 1.45. The largest absolute Gasteiger partial charge is 0.493 e. The van der Waals surface area contributed by atoms with Crippen molar-refractivity contribution < 1.29 is 4.74 Å². The first-order chi connectivity index (χ1) is 8.88. The van der Waals surface area contributed by atoms with Crippen LogP contribution in [0.4, 0.5) is 0 Å². The fourth-order valence-corrected chi connectivity index (χ4v) is 1.76. The Bertz CT molecular complexity index is 471. The second kappa shape index (κ2) is 6.77. The first-order valence-electron chi connectivity index (χ1n) is 6.15. The lowest BCUT2D eigenvalue weighted by molar-refractivity contribution is 0.321. The number of ether oxygens (including phenoxy) is 1. The van der Waals surface area contributed by atoms with Crippen molar-refractivity contribution in [1.29, 1.82) is 0 Å². The zero-order chi connectivity index (χ0) is 12.6. The van der Waals surface area contributed by atoms with E-state index < -0.39 is 0 Å². The van der Waals surface area contributed by atoms with Crippen LogP contribution in [-0.4, -0.2) is 18.6 Å². The molecule has 0 bridgehead atoms. The molecule has 2 rings (SSSR count). The number of aromatic nitrogens is 1. The van der Waals surface area contributed by atoms with Gasteiger partial charge in [0.25, 0.3) is 0 Å². The van der Waals surface area contributed by atoms with Crippen LogP contribution < -0.4 is 10.1 Å². The quantitative estimate of drug-likeness (QED) is 0.844. The topological polar surface area (TPSA) is 34.1 Å². The summed E-state index contributed by atoms with van der Waals surface area (Å²) < 4.78 is 5.73. The summed E-state index contributed by atoms with van der Waals surface area (Å²) in [6, 6.07) is 14.2. The molecule has 0 amide bonds. The van der Waals surface area contributed by atoms with Gasteiger partial charge >= 0.3 is 0 Å². The molecule has 0 unspecified atom stereocenters. The molecule has 0 aliphatic carbocycles. The normalized spacial score (nSPS) is 10.3. The highest BCUT2D eigenvalue weighted by molar-refractivity contribution is 5.23. The molecule has 94 valence electrons. The fraction of sp³-hybridized carbons (Fsp3) is 0.267.